The fraction of sp³-hybridized carbons (Fsp3) is 0.190. The Hall–Kier alpha value is -2.26. The van der Waals surface area contributed by atoms with E-state index >= 15 is 0 Å². The molecule has 0 aliphatic heterocycles. The van der Waals surface area contributed by atoms with Crippen molar-refractivity contribution in [1.29, 1.82) is 0 Å². The number of rotatable bonds is 6. The van der Waals surface area contributed by atoms with Crippen LogP contribution in [0.25, 0.3) is 10.4 Å². The van der Waals surface area contributed by atoms with Crippen LogP contribution in [0.4, 0.5) is 4.39 Å². The molecule has 2 N–H and O–H groups in total. The molecule has 0 unspecified atom stereocenters. The lowest BCUT2D eigenvalue weighted by Gasteiger charge is -2.20. The maximum Gasteiger partial charge on any atom is 0.325 e. The van der Waals surface area contributed by atoms with Gasteiger partial charge < -0.3 is 5.11 Å². The Labute approximate surface area is 182 Å². The second-order valence-corrected chi connectivity index (χ2v) is 10.9. The van der Waals surface area contributed by atoms with Crippen molar-refractivity contribution in [1.82, 2.24) is 4.72 Å². The van der Waals surface area contributed by atoms with Gasteiger partial charge >= 0.3 is 5.97 Å². The van der Waals surface area contributed by atoms with Crippen LogP contribution in [0.15, 0.2) is 64.9 Å². The molecule has 1 fully saturated rings. The average molecular weight is 466 g/mol. The number of aliphatic carboxylic acids is 1. The van der Waals surface area contributed by atoms with E-state index in [1.165, 1.54) is 24.3 Å². The lowest BCUT2D eigenvalue weighted by atomic mass is 9.93. The molecule has 30 heavy (non-hydrogen) atoms. The van der Waals surface area contributed by atoms with Crippen molar-refractivity contribution in [2.75, 3.05) is 0 Å². The van der Waals surface area contributed by atoms with E-state index in [0.29, 0.717) is 4.88 Å². The van der Waals surface area contributed by atoms with Gasteiger partial charge in [0.05, 0.1) is 0 Å². The monoisotopic (exact) mass is 465 g/mol. The van der Waals surface area contributed by atoms with E-state index in [9.17, 15) is 22.7 Å². The van der Waals surface area contributed by atoms with E-state index in [1.54, 1.807) is 31.2 Å². The van der Waals surface area contributed by atoms with Gasteiger partial charge in [-0.15, -0.1) is 11.3 Å². The summed E-state index contributed by atoms with van der Waals surface area (Å²) in [6.07, 6.45) is 0.128. The maximum absolute atomic E-state index is 14.2. The second-order valence-electron chi connectivity index (χ2n) is 7.43. The van der Waals surface area contributed by atoms with E-state index < -0.39 is 32.8 Å². The number of thiophene rings is 1. The molecule has 1 aliphatic carbocycles. The van der Waals surface area contributed by atoms with E-state index in [0.717, 1.165) is 23.0 Å². The Morgan fingerprint density at radius 3 is 2.50 bits per heavy atom. The Balaban J connectivity index is 1.66. The third-order valence-corrected chi connectivity index (χ3v) is 8.90. The van der Waals surface area contributed by atoms with Gasteiger partial charge in [0.2, 0.25) is 0 Å². The summed E-state index contributed by atoms with van der Waals surface area (Å²) >= 11 is 6.63. The van der Waals surface area contributed by atoms with Gasteiger partial charge in [-0.25, -0.2) is 12.8 Å². The van der Waals surface area contributed by atoms with Crippen molar-refractivity contribution in [3.8, 4) is 10.4 Å². The molecule has 0 spiro atoms. The normalized spacial score (nSPS) is 23.3. The zero-order chi connectivity index (χ0) is 21.7. The number of carboxylic acids is 1. The van der Waals surface area contributed by atoms with Gasteiger partial charge in [-0.05, 0) is 42.3 Å². The summed E-state index contributed by atoms with van der Waals surface area (Å²) in [5.41, 5.74) is -1.57. The van der Waals surface area contributed by atoms with E-state index in [2.05, 4.69) is 4.72 Å². The van der Waals surface area contributed by atoms with Crippen molar-refractivity contribution >= 4 is 38.9 Å². The largest absolute Gasteiger partial charge is 0.480 e. The van der Waals surface area contributed by atoms with Gasteiger partial charge in [0, 0.05) is 20.9 Å². The molecule has 4 rings (SSSR count). The lowest BCUT2D eigenvalue weighted by Crippen LogP contribution is -2.47. The Kier molecular flexibility index (Phi) is 5.01. The zero-order valence-electron chi connectivity index (χ0n) is 15.7. The van der Waals surface area contributed by atoms with E-state index in [4.69, 9.17) is 11.6 Å². The van der Waals surface area contributed by atoms with E-state index in [-0.39, 0.29) is 21.2 Å². The summed E-state index contributed by atoms with van der Waals surface area (Å²) in [6.45, 7) is 1.72. The molecule has 9 heteroatoms. The minimum absolute atomic E-state index is 0.0882. The SMILES string of the molecule is C[C@]1(c2ccccc2)C[C@@]1(NS(=O)(=O)c1ccc(-c2ccc(Cl)cc2F)s1)C(=O)O. The standard InChI is InChI=1S/C21H17ClFNO4S2/c1-20(13-5-3-2-4-6-13)12-21(20,19(25)26)24-30(27,28)18-10-9-17(29-18)15-8-7-14(22)11-16(15)23/h2-11,24H,12H2,1H3,(H,25,26)/t20-,21-/m1/s1. The number of benzene rings is 2. The quantitative estimate of drug-likeness (QED) is 0.554. The van der Waals surface area contributed by atoms with Gasteiger partial charge in [-0.1, -0.05) is 48.9 Å². The third kappa shape index (κ3) is 3.33. The topological polar surface area (TPSA) is 83.5 Å². The Morgan fingerprint density at radius 2 is 1.87 bits per heavy atom. The first-order chi connectivity index (χ1) is 14.1. The van der Waals surface area contributed by atoms with Crippen molar-refractivity contribution in [3.63, 3.8) is 0 Å². The predicted octanol–water partition coefficient (Wildman–Crippen LogP) is 4.67. The van der Waals surface area contributed by atoms with Crippen LogP contribution in [0.3, 0.4) is 0 Å². The van der Waals surface area contributed by atoms with Crippen LogP contribution in [0.1, 0.15) is 18.9 Å². The number of halogens is 2. The molecule has 1 saturated carbocycles. The molecule has 3 aromatic rings. The molecule has 0 bridgehead atoms. The molecular weight excluding hydrogens is 449 g/mol. The molecule has 2 atom stereocenters. The minimum atomic E-state index is -4.15. The van der Waals surface area contributed by atoms with Crippen molar-refractivity contribution < 1.29 is 22.7 Å². The van der Waals surface area contributed by atoms with Crippen LogP contribution in [0.5, 0.6) is 0 Å². The summed E-state index contributed by atoms with van der Waals surface area (Å²) in [5, 5.41) is 10.1. The lowest BCUT2D eigenvalue weighted by molar-refractivity contribution is -0.140. The molecule has 5 nitrogen and oxygen atoms in total. The first-order valence-electron chi connectivity index (χ1n) is 8.97. The predicted molar refractivity (Wildman–Crippen MR) is 114 cm³/mol. The average Bonchev–Trinajstić information content (AvgIpc) is 3.05. The van der Waals surface area contributed by atoms with Crippen molar-refractivity contribution in [2.45, 2.75) is 28.5 Å². The van der Waals surface area contributed by atoms with Crippen LogP contribution >= 0.6 is 22.9 Å². The highest BCUT2D eigenvalue weighted by Crippen LogP contribution is 2.58. The Bertz CT molecular complexity index is 1240. The van der Waals surface area contributed by atoms with Gasteiger partial charge in [-0.3, -0.25) is 4.79 Å². The fourth-order valence-electron chi connectivity index (χ4n) is 3.72. The summed E-state index contributed by atoms with van der Waals surface area (Å²) in [7, 11) is -4.15. The fourth-order valence-corrected chi connectivity index (χ4v) is 6.67. The molecule has 1 aromatic heterocycles. The number of carboxylic acid groups (broad SMARTS) is 1. The summed E-state index contributed by atoms with van der Waals surface area (Å²) in [4.78, 5) is 12.5. The molecule has 0 saturated heterocycles. The maximum atomic E-state index is 14.2. The van der Waals surface area contributed by atoms with Gasteiger partial charge in [-0.2, -0.15) is 4.72 Å². The molecule has 2 aromatic carbocycles. The summed E-state index contributed by atoms with van der Waals surface area (Å²) in [6, 6.07) is 15.9. The summed E-state index contributed by atoms with van der Waals surface area (Å²) < 4.78 is 42.5. The molecule has 0 amide bonds. The number of nitrogens with one attached hydrogen (secondary N) is 1. The first kappa shape index (κ1) is 21.0. The first-order valence-corrected chi connectivity index (χ1v) is 11.6. The molecular formula is C21H17ClFNO4S2. The van der Waals surface area contributed by atoms with Crippen LogP contribution in [-0.4, -0.2) is 25.0 Å². The number of carbonyl (C=O) groups is 1. The van der Waals surface area contributed by atoms with Gasteiger partial charge in [0.1, 0.15) is 15.6 Å². The van der Waals surface area contributed by atoms with Crippen LogP contribution < -0.4 is 4.72 Å². The highest BCUT2D eigenvalue weighted by Gasteiger charge is 2.72. The van der Waals surface area contributed by atoms with Crippen LogP contribution in [-0.2, 0) is 20.2 Å². The molecule has 156 valence electrons. The van der Waals surface area contributed by atoms with Gasteiger partial charge in [0.25, 0.3) is 10.0 Å². The molecule has 1 aliphatic rings. The van der Waals surface area contributed by atoms with E-state index in [1.807, 2.05) is 6.07 Å². The van der Waals surface area contributed by atoms with Crippen LogP contribution in [0.2, 0.25) is 5.02 Å². The summed E-state index contributed by atoms with van der Waals surface area (Å²) in [5.74, 6) is -1.81. The van der Waals surface area contributed by atoms with Crippen LogP contribution in [0, 0.1) is 5.82 Å². The highest BCUT2D eigenvalue weighted by molar-refractivity contribution is 7.91. The van der Waals surface area contributed by atoms with Gasteiger partial charge in [0.15, 0.2) is 0 Å². The minimum Gasteiger partial charge on any atom is -0.480 e. The molecule has 1 heterocycles. The Morgan fingerprint density at radius 1 is 1.17 bits per heavy atom. The smallest absolute Gasteiger partial charge is 0.325 e. The number of hydrogen-bond donors (Lipinski definition) is 2. The third-order valence-electron chi connectivity index (χ3n) is 5.56. The highest BCUT2D eigenvalue weighted by atomic mass is 35.5. The second kappa shape index (κ2) is 7.16. The molecule has 0 radical (unpaired) electrons. The number of hydrogen-bond acceptors (Lipinski definition) is 4. The van der Waals surface area contributed by atoms with Crippen molar-refractivity contribution in [3.05, 3.63) is 77.1 Å². The number of sulfonamides is 1. The zero-order valence-corrected chi connectivity index (χ0v) is 18.1. The van der Waals surface area contributed by atoms with Crippen molar-refractivity contribution in [2.24, 2.45) is 0 Å².